The number of nitrogens with zero attached hydrogens (tertiary/aromatic N) is 3. The number of rotatable bonds is 6. The van der Waals surface area contributed by atoms with Gasteiger partial charge < -0.3 is 15.7 Å². The van der Waals surface area contributed by atoms with E-state index in [1.807, 2.05) is 36.1 Å². The van der Waals surface area contributed by atoms with Crippen LogP contribution in [0.15, 0.2) is 30.5 Å². The molecule has 1 saturated carbocycles. The first-order chi connectivity index (χ1) is 15.5. The van der Waals surface area contributed by atoms with Crippen molar-refractivity contribution in [3.63, 3.8) is 0 Å². The summed E-state index contributed by atoms with van der Waals surface area (Å²) in [5.74, 6) is 1.61. The van der Waals surface area contributed by atoms with Gasteiger partial charge in [0.2, 0.25) is 5.95 Å². The van der Waals surface area contributed by atoms with Gasteiger partial charge in [0.15, 0.2) is 0 Å². The van der Waals surface area contributed by atoms with Crippen molar-refractivity contribution in [2.24, 2.45) is 5.92 Å². The average molecular weight is 438 g/mol. The predicted octanol–water partition coefficient (Wildman–Crippen LogP) is 3.46. The first-order valence-electron chi connectivity index (χ1n) is 11.9. The summed E-state index contributed by atoms with van der Waals surface area (Å²) in [6.45, 7) is 6.72. The van der Waals surface area contributed by atoms with Crippen LogP contribution in [-0.2, 0) is 0 Å². The Hall–Kier alpha value is -2.51. The van der Waals surface area contributed by atoms with E-state index in [0.29, 0.717) is 29.8 Å². The van der Waals surface area contributed by atoms with E-state index in [-0.39, 0.29) is 18.1 Å². The Bertz CT molecular complexity index is 920. The van der Waals surface area contributed by atoms with Crippen LogP contribution < -0.4 is 15.5 Å². The van der Waals surface area contributed by atoms with Crippen LogP contribution in [0.4, 0.5) is 11.8 Å². The number of aryl methyl sites for hydroxylation is 2. The number of aromatic nitrogens is 2. The zero-order chi connectivity index (χ0) is 22.5. The van der Waals surface area contributed by atoms with Crippen LogP contribution in [0.3, 0.4) is 0 Å². The Morgan fingerprint density at radius 3 is 2.56 bits per heavy atom. The number of hydrogen-bond acceptors (Lipinski definition) is 6. The van der Waals surface area contributed by atoms with Crippen molar-refractivity contribution in [3.05, 3.63) is 47.2 Å². The molecule has 1 aromatic heterocycles. The minimum atomic E-state index is -0.198. The highest BCUT2D eigenvalue weighted by atomic mass is 16.3. The summed E-state index contributed by atoms with van der Waals surface area (Å²) in [4.78, 5) is 24.6. The fraction of sp³-hybridized carbons (Fsp3) is 0.560. The Morgan fingerprint density at radius 1 is 1.09 bits per heavy atom. The lowest BCUT2D eigenvalue weighted by atomic mass is 9.93. The summed E-state index contributed by atoms with van der Waals surface area (Å²) in [6.07, 6.45) is 7.02. The predicted molar refractivity (Wildman–Crippen MR) is 127 cm³/mol. The molecule has 4 rings (SSSR count). The van der Waals surface area contributed by atoms with E-state index in [4.69, 9.17) is 4.98 Å². The number of amides is 1. The first kappa shape index (κ1) is 22.7. The van der Waals surface area contributed by atoms with Crippen LogP contribution in [-0.4, -0.2) is 52.8 Å². The van der Waals surface area contributed by atoms with Gasteiger partial charge in [0.25, 0.3) is 5.91 Å². The monoisotopic (exact) mass is 437 g/mol. The van der Waals surface area contributed by atoms with Gasteiger partial charge in [-0.1, -0.05) is 6.07 Å². The molecule has 1 aromatic carbocycles. The van der Waals surface area contributed by atoms with Crippen LogP contribution in [0.1, 0.15) is 60.0 Å². The molecular weight excluding hydrogens is 402 g/mol. The molecule has 172 valence electrons. The van der Waals surface area contributed by atoms with E-state index in [2.05, 4.69) is 22.5 Å². The lowest BCUT2D eigenvalue weighted by Crippen LogP contribution is -2.40. The summed E-state index contributed by atoms with van der Waals surface area (Å²) < 4.78 is 0. The average Bonchev–Trinajstić information content (AvgIpc) is 2.81. The second-order valence-electron chi connectivity index (χ2n) is 9.30. The van der Waals surface area contributed by atoms with E-state index in [0.717, 1.165) is 57.2 Å². The number of aliphatic hydroxyl groups excluding tert-OH is 1. The summed E-state index contributed by atoms with van der Waals surface area (Å²) >= 11 is 0. The normalized spacial score (nSPS) is 21.8. The minimum Gasteiger partial charge on any atom is -0.393 e. The van der Waals surface area contributed by atoms with Gasteiger partial charge in [0.05, 0.1) is 6.10 Å². The Kier molecular flexibility index (Phi) is 7.37. The molecule has 32 heavy (non-hydrogen) atoms. The number of carbonyl (C=O) groups excluding carboxylic acids is 1. The van der Waals surface area contributed by atoms with E-state index in [1.54, 1.807) is 6.20 Å². The summed E-state index contributed by atoms with van der Waals surface area (Å²) in [6, 6.07) is 7.97. The smallest absolute Gasteiger partial charge is 0.259 e. The highest BCUT2D eigenvalue weighted by Crippen LogP contribution is 2.24. The molecule has 3 N–H and O–H groups in total. The second kappa shape index (κ2) is 10.4. The van der Waals surface area contributed by atoms with Gasteiger partial charge in [-0.25, -0.2) is 4.98 Å². The van der Waals surface area contributed by atoms with E-state index >= 15 is 0 Å². The number of hydrogen-bond donors (Lipinski definition) is 3. The molecule has 7 heteroatoms. The molecule has 2 fully saturated rings. The van der Waals surface area contributed by atoms with Crippen LogP contribution in [0, 0.1) is 19.8 Å². The van der Waals surface area contributed by atoms with Gasteiger partial charge in [0, 0.05) is 24.3 Å². The molecule has 1 saturated heterocycles. The summed E-state index contributed by atoms with van der Waals surface area (Å²) in [7, 11) is 0. The van der Waals surface area contributed by atoms with Crippen molar-refractivity contribution in [3.8, 4) is 0 Å². The number of anilines is 2. The van der Waals surface area contributed by atoms with Crippen molar-refractivity contribution in [1.82, 2.24) is 15.3 Å². The van der Waals surface area contributed by atoms with Gasteiger partial charge in [-0.3, -0.25) is 9.69 Å². The third-order valence-corrected chi connectivity index (χ3v) is 6.85. The number of piperidine rings is 1. The third-order valence-electron chi connectivity index (χ3n) is 6.85. The molecule has 0 atom stereocenters. The topological polar surface area (TPSA) is 90.4 Å². The molecule has 1 aliphatic carbocycles. The quantitative estimate of drug-likeness (QED) is 0.641. The summed E-state index contributed by atoms with van der Waals surface area (Å²) in [5.41, 5.74) is 2.98. The zero-order valence-corrected chi connectivity index (χ0v) is 19.2. The highest BCUT2D eigenvalue weighted by molar-refractivity contribution is 6.05. The maximum atomic E-state index is 13.6. The van der Waals surface area contributed by atoms with Crippen molar-refractivity contribution in [1.29, 1.82) is 0 Å². The largest absolute Gasteiger partial charge is 0.393 e. The molecule has 7 nitrogen and oxygen atoms in total. The van der Waals surface area contributed by atoms with E-state index in [9.17, 15) is 9.90 Å². The molecule has 2 heterocycles. The minimum absolute atomic E-state index is 0.0166. The lowest BCUT2D eigenvalue weighted by molar-refractivity contribution is 0.0979. The third kappa shape index (κ3) is 5.64. The van der Waals surface area contributed by atoms with Crippen LogP contribution >= 0.6 is 0 Å². The van der Waals surface area contributed by atoms with E-state index in [1.165, 1.54) is 5.56 Å². The molecule has 2 aliphatic rings. The van der Waals surface area contributed by atoms with Crippen molar-refractivity contribution < 1.29 is 9.90 Å². The number of aliphatic hydroxyl groups is 1. The number of benzene rings is 1. The Labute approximate surface area is 190 Å². The van der Waals surface area contributed by atoms with Crippen LogP contribution in [0.5, 0.6) is 0 Å². The maximum absolute atomic E-state index is 13.6. The Balaban J connectivity index is 1.57. The fourth-order valence-corrected chi connectivity index (χ4v) is 4.61. The molecule has 1 aliphatic heterocycles. The number of carbonyl (C=O) groups is 1. The van der Waals surface area contributed by atoms with Gasteiger partial charge in [-0.15, -0.1) is 0 Å². The van der Waals surface area contributed by atoms with Gasteiger partial charge in [-0.05, 0) is 101 Å². The van der Waals surface area contributed by atoms with Gasteiger partial charge in [0.1, 0.15) is 5.82 Å². The molecule has 1 amide bonds. The van der Waals surface area contributed by atoms with E-state index < -0.39 is 0 Å². The molecule has 2 aromatic rings. The van der Waals surface area contributed by atoms with Gasteiger partial charge in [-0.2, -0.15) is 4.98 Å². The zero-order valence-electron chi connectivity index (χ0n) is 19.2. The molecular formula is C25H35N5O2. The van der Waals surface area contributed by atoms with Crippen LogP contribution in [0.25, 0.3) is 0 Å². The maximum Gasteiger partial charge on any atom is 0.259 e. The first-order valence-corrected chi connectivity index (χ1v) is 11.9. The van der Waals surface area contributed by atoms with Crippen molar-refractivity contribution >= 4 is 17.7 Å². The lowest BCUT2D eigenvalue weighted by Gasteiger charge is -2.30. The molecule has 0 radical (unpaired) electrons. The molecule has 0 spiro atoms. The van der Waals surface area contributed by atoms with Crippen molar-refractivity contribution in [2.45, 2.75) is 64.5 Å². The standard InChI is InChI=1S/C25H35N5O2/c1-17-3-4-20(15-18(17)2)24(32)30(16-19-9-12-26-13-10-19)23-11-14-27-25(29-23)28-21-5-7-22(31)8-6-21/h3-4,11,14-15,19,21-22,26,31H,5-10,12-13,16H2,1-2H3,(H,27,28,29). The van der Waals surface area contributed by atoms with Crippen LogP contribution in [0.2, 0.25) is 0 Å². The Morgan fingerprint density at radius 2 is 1.84 bits per heavy atom. The van der Waals surface area contributed by atoms with Crippen molar-refractivity contribution in [2.75, 3.05) is 29.9 Å². The molecule has 0 bridgehead atoms. The highest BCUT2D eigenvalue weighted by Gasteiger charge is 2.25. The fourth-order valence-electron chi connectivity index (χ4n) is 4.61. The molecule has 0 unspecified atom stereocenters. The van der Waals surface area contributed by atoms with Gasteiger partial charge >= 0.3 is 0 Å². The second-order valence-corrected chi connectivity index (χ2v) is 9.30. The SMILES string of the molecule is Cc1ccc(C(=O)N(CC2CCNCC2)c2ccnc(NC3CCC(O)CC3)n2)cc1C. The number of nitrogens with one attached hydrogen (secondary N) is 2. The summed E-state index contributed by atoms with van der Waals surface area (Å²) in [5, 5.41) is 16.6.